The van der Waals surface area contributed by atoms with E-state index in [0.717, 1.165) is 25.7 Å². The average molecular weight is 389 g/mol. The summed E-state index contributed by atoms with van der Waals surface area (Å²) in [4.78, 5) is 36.3. The fourth-order valence-corrected chi connectivity index (χ4v) is 3.11. The van der Waals surface area contributed by atoms with Crippen molar-refractivity contribution in [2.45, 2.75) is 64.9 Å². The second kappa shape index (κ2) is 10.1. The Bertz CT molecular complexity index is 691. The van der Waals surface area contributed by atoms with Crippen LogP contribution in [-0.4, -0.2) is 30.1 Å². The Labute approximate surface area is 166 Å². The largest absolute Gasteiger partial charge is 0.444 e. The zero-order chi connectivity index (χ0) is 20.6. The lowest BCUT2D eigenvalue weighted by Gasteiger charge is -2.21. The maximum atomic E-state index is 12.5. The molecule has 3 amide bonds. The highest BCUT2D eigenvalue weighted by atomic mass is 16.6. The van der Waals surface area contributed by atoms with E-state index in [1.165, 1.54) is 6.42 Å². The molecular formula is C21H31N3O4. The van der Waals surface area contributed by atoms with Gasteiger partial charge in [0.1, 0.15) is 5.60 Å². The highest BCUT2D eigenvalue weighted by molar-refractivity contribution is 6.00. The monoisotopic (exact) mass is 389 g/mol. The van der Waals surface area contributed by atoms with Gasteiger partial charge in [0.25, 0.3) is 0 Å². The maximum Gasteiger partial charge on any atom is 0.407 e. The van der Waals surface area contributed by atoms with Gasteiger partial charge in [0.2, 0.25) is 11.8 Å². The summed E-state index contributed by atoms with van der Waals surface area (Å²) in [5, 5.41) is 8.29. The zero-order valence-electron chi connectivity index (χ0n) is 17.0. The van der Waals surface area contributed by atoms with Crippen molar-refractivity contribution in [3.63, 3.8) is 0 Å². The molecule has 1 aromatic carbocycles. The van der Waals surface area contributed by atoms with Gasteiger partial charge in [0, 0.05) is 18.9 Å². The van der Waals surface area contributed by atoms with Crippen molar-refractivity contribution in [3.05, 3.63) is 24.3 Å². The first-order chi connectivity index (χ1) is 13.2. The van der Waals surface area contributed by atoms with Gasteiger partial charge in [-0.2, -0.15) is 0 Å². The second-order valence-corrected chi connectivity index (χ2v) is 8.10. The third-order valence-electron chi connectivity index (χ3n) is 4.46. The zero-order valence-corrected chi connectivity index (χ0v) is 17.0. The van der Waals surface area contributed by atoms with Gasteiger partial charge in [-0.25, -0.2) is 4.79 Å². The molecule has 1 aliphatic carbocycles. The van der Waals surface area contributed by atoms with Crippen molar-refractivity contribution in [3.8, 4) is 0 Å². The van der Waals surface area contributed by atoms with E-state index in [-0.39, 0.29) is 30.7 Å². The minimum atomic E-state index is -0.582. The van der Waals surface area contributed by atoms with E-state index in [1.54, 1.807) is 39.0 Å². The first kappa shape index (κ1) is 21.7. The summed E-state index contributed by atoms with van der Waals surface area (Å²) in [7, 11) is 0. The summed E-state index contributed by atoms with van der Waals surface area (Å²) in [6.07, 6.45) is 4.73. The van der Waals surface area contributed by atoms with E-state index in [9.17, 15) is 14.4 Å². The van der Waals surface area contributed by atoms with Crippen LogP contribution in [0.25, 0.3) is 0 Å². The SMILES string of the molecule is CC(C)(C)OC(=O)NCCC(=O)Nc1ccccc1NC(=O)C1CCCCC1. The van der Waals surface area contributed by atoms with Gasteiger partial charge in [0.05, 0.1) is 11.4 Å². The van der Waals surface area contributed by atoms with Crippen molar-refractivity contribution in [2.24, 2.45) is 5.92 Å². The van der Waals surface area contributed by atoms with E-state index in [2.05, 4.69) is 16.0 Å². The molecule has 0 aliphatic heterocycles. The summed E-state index contributed by atoms with van der Waals surface area (Å²) >= 11 is 0. The van der Waals surface area contributed by atoms with Crippen LogP contribution in [0.1, 0.15) is 59.3 Å². The number of nitrogens with one attached hydrogen (secondary N) is 3. The van der Waals surface area contributed by atoms with E-state index < -0.39 is 11.7 Å². The standard InChI is InChI=1S/C21H31N3O4/c1-21(2,3)28-20(27)22-14-13-18(25)23-16-11-7-8-12-17(16)24-19(26)15-9-5-4-6-10-15/h7-8,11-12,15H,4-6,9-10,13-14H2,1-3H3,(H,22,27)(H,23,25)(H,24,26). The van der Waals surface area contributed by atoms with Crippen LogP contribution in [0.3, 0.4) is 0 Å². The van der Waals surface area contributed by atoms with Crippen LogP contribution in [-0.2, 0) is 14.3 Å². The molecule has 2 rings (SSSR count). The molecule has 1 aromatic rings. The fourth-order valence-electron chi connectivity index (χ4n) is 3.11. The van der Waals surface area contributed by atoms with E-state index in [4.69, 9.17) is 4.74 Å². The molecule has 7 heteroatoms. The Kier molecular flexibility index (Phi) is 7.84. The smallest absolute Gasteiger partial charge is 0.407 e. The first-order valence-electron chi connectivity index (χ1n) is 9.91. The van der Waals surface area contributed by atoms with E-state index in [0.29, 0.717) is 11.4 Å². The van der Waals surface area contributed by atoms with Gasteiger partial charge in [0.15, 0.2) is 0 Å². The van der Waals surface area contributed by atoms with Gasteiger partial charge in [-0.15, -0.1) is 0 Å². The minimum Gasteiger partial charge on any atom is -0.444 e. The molecule has 0 radical (unpaired) electrons. The van der Waals surface area contributed by atoms with Crippen LogP contribution in [0.4, 0.5) is 16.2 Å². The predicted molar refractivity (Wildman–Crippen MR) is 109 cm³/mol. The van der Waals surface area contributed by atoms with Crippen molar-refractivity contribution < 1.29 is 19.1 Å². The van der Waals surface area contributed by atoms with Gasteiger partial charge in [-0.05, 0) is 45.7 Å². The lowest BCUT2D eigenvalue weighted by Crippen LogP contribution is -2.34. The third kappa shape index (κ3) is 7.58. The molecule has 154 valence electrons. The number of ether oxygens (including phenoxy) is 1. The molecule has 0 unspecified atom stereocenters. The van der Waals surface area contributed by atoms with Gasteiger partial charge < -0.3 is 20.7 Å². The van der Waals surface area contributed by atoms with Crippen LogP contribution in [0.15, 0.2) is 24.3 Å². The summed E-state index contributed by atoms with van der Waals surface area (Å²) in [5.74, 6) is -0.209. The van der Waals surface area contributed by atoms with Crippen molar-refractivity contribution in [1.82, 2.24) is 5.32 Å². The molecule has 1 fully saturated rings. The summed E-state index contributed by atoms with van der Waals surface area (Å²) in [5.41, 5.74) is 0.558. The number of para-hydroxylation sites is 2. The van der Waals surface area contributed by atoms with Crippen molar-refractivity contribution in [2.75, 3.05) is 17.2 Å². The van der Waals surface area contributed by atoms with Crippen LogP contribution in [0.2, 0.25) is 0 Å². The Morgan fingerprint density at radius 1 is 1.00 bits per heavy atom. The number of anilines is 2. The Morgan fingerprint density at radius 3 is 2.21 bits per heavy atom. The Balaban J connectivity index is 1.84. The van der Waals surface area contributed by atoms with E-state index >= 15 is 0 Å². The number of benzene rings is 1. The molecule has 1 saturated carbocycles. The van der Waals surface area contributed by atoms with Crippen LogP contribution < -0.4 is 16.0 Å². The second-order valence-electron chi connectivity index (χ2n) is 8.10. The topological polar surface area (TPSA) is 96.5 Å². The van der Waals surface area contributed by atoms with E-state index in [1.807, 2.05) is 6.07 Å². The highest BCUT2D eigenvalue weighted by Crippen LogP contribution is 2.27. The third-order valence-corrected chi connectivity index (χ3v) is 4.46. The summed E-state index contributed by atoms with van der Waals surface area (Å²) in [6, 6.07) is 7.13. The number of carbonyl (C=O) groups excluding carboxylic acids is 3. The molecule has 7 nitrogen and oxygen atoms in total. The Morgan fingerprint density at radius 2 is 1.61 bits per heavy atom. The molecule has 28 heavy (non-hydrogen) atoms. The molecule has 0 atom stereocenters. The molecule has 1 aliphatic rings. The maximum absolute atomic E-state index is 12.5. The Hall–Kier alpha value is -2.57. The number of carbonyl (C=O) groups is 3. The first-order valence-corrected chi connectivity index (χ1v) is 9.91. The van der Waals surface area contributed by atoms with Crippen LogP contribution in [0.5, 0.6) is 0 Å². The minimum absolute atomic E-state index is 0.00740. The summed E-state index contributed by atoms with van der Waals surface area (Å²) in [6.45, 7) is 5.49. The number of amides is 3. The van der Waals surface area contributed by atoms with Gasteiger partial charge in [-0.1, -0.05) is 31.4 Å². The van der Waals surface area contributed by atoms with Crippen LogP contribution >= 0.6 is 0 Å². The number of hydrogen-bond donors (Lipinski definition) is 3. The molecule has 0 spiro atoms. The molecule has 0 saturated heterocycles. The number of hydrogen-bond acceptors (Lipinski definition) is 4. The predicted octanol–water partition coefficient (Wildman–Crippen LogP) is 4.06. The van der Waals surface area contributed by atoms with Crippen LogP contribution in [0, 0.1) is 5.92 Å². The molecule has 3 N–H and O–H groups in total. The molecule has 0 aromatic heterocycles. The number of rotatable bonds is 6. The van der Waals surface area contributed by atoms with Crippen molar-refractivity contribution in [1.29, 1.82) is 0 Å². The lowest BCUT2D eigenvalue weighted by molar-refractivity contribution is -0.120. The normalized spacial score (nSPS) is 14.8. The highest BCUT2D eigenvalue weighted by Gasteiger charge is 2.22. The molecule has 0 bridgehead atoms. The van der Waals surface area contributed by atoms with Gasteiger partial charge in [-0.3, -0.25) is 9.59 Å². The fraction of sp³-hybridized carbons (Fsp3) is 0.571. The molecular weight excluding hydrogens is 358 g/mol. The summed E-state index contributed by atoms with van der Waals surface area (Å²) < 4.78 is 5.13. The number of alkyl carbamates (subject to hydrolysis) is 1. The lowest BCUT2D eigenvalue weighted by atomic mass is 9.88. The van der Waals surface area contributed by atoms with Gasteiger partial charge >= 0.3 is 6.09 Å². The molecule has 0 heterocycles. The average Bonchev–Trinajstić information content (AvgIpc) is 2.62. The van der Waals surface area contributed by atoms with Crippen molar-refractivity contribution >= 4 is 29.3 Å². The quantitative estimate of drug-likeness (QED) is 0.683.